The molecule has 118 valence electrons. The molecular formula is C15H29NO4. The summed E-state index contributed by atoms with van der Waals surface area (Å²) in [5.74, 6) is -0.516. The van der Waals surface area contributed by atoms with Gasteiger partial charge in [0.05, 0.1) is 13.0 Å². The Morgan fingerprint density at radius 2 is 1.80 bits per heavy atom. The second kappa shape index (κ2) is 11.7. The van der Waals surface area contributed by atoms with Crippen molar-refractivity contribution in [2.75, 3.05) is 27.2 Å². The highest BCUT2D eigenvalue weighted by molar-refractivity contribution is 5.72. The molecule has 5 nitrogen and oxygen atoms in total. The average Bonchev–Trinajstić information content (AvgIpc) is 2.40. The largest absolute Gasteiger partial charge is 0.466 e. The zero-order valence-electron chi connectivity index (χ0n) is 13.3. The van der Waals surface area contributed by atoms with Gasteiger partial charge in [0.2, 0.25) is 0 Å². The fraction of sp³-hybridized carbons (Fsp3) is 0.867. The highest BCUT2D eigenvalue weighted by Gasteiger charge is 2.19. The first kappa shape index (κ1) is 18.9. The second-order valence-corrected chi connectivity index (χ2v) is 5.23. The molecular weight excluding hydrogens is 258 g/mol. The minimum atomic E-state index is -0.383. The van der Waals surface area contributed by atoms with Crippen LogP contribution < -0.4 is 0 Å². The number of hydrogen-bond donors (Lipinski definition) is 0. The summed E-state index contributed by atoms with van der Waals surface area (Å²) in [5.41, 5.74) is 0. The molecule has 1 atom stereocenters. The van der Waals surface area contributed by atoms with Crippen molar-refractivity contribution in [1.82, 2.24) is 4.90 Å². The molecule has 0 radical (unpaired) electrons. The Labute approximate surface area is 122 Å². The summed E-state index contributed by atoms with van der Waals surface area (Å²) >= 11 is 0. The van der Waals surface area contributed by atoms with E-state index in [0.29, 0.717) is 19.4 Å². The van der Waals surface area contributed by atoms with Crippen LogP contribution >= 0.6 is 0 Å². The van der Waals surface area contributed by atoms with Crippen LogP contribution in [-0.2, 0) is 19.1 Å². The molecule has 0 aromatic heterocycles. The van der Waals surface area contributed by atoms with E-state index in [1.807, 2.05) is 32.8 Å². The van der Waals surface area contributed by atoms with Crippen molar-refractivity contribution in [3.63, 3.8) is 0 Å². The molecule has 0 saturated heterocycles. The maximum absolute atomic E-state index is 11.7. The summed E-state index contributed by atoms with van der Waals surface area (Å²) in [5, 5.41) is 0. The van der Waals surface area contributed by atoms with E-state index in [9.17, 15) is 9.59 Å². The maximum Gasteiger partial charge on any atom is 0.309 e. The molecule has 0 aliphatic heterocycles. The lowest BCUT2D eigenvalue weighted by Gasteiger charge is -2.19. The Morgan fingerprint density at radius 1 is 1.10 bits per heavy atom. The van der Waals surface area contributed by atoms with Crippen molar-refractivity contribution in [1.29, 1.82) is 0 Å². The quantitative estimate of drug-likeness (QED) is 0.546. The molecule has 0 fully saturated rings. The Balaban J connectivity index is 4.24. The van der Waals surface area contributed by atoms with E-state index >= 15 is 0 Å². The topological polar surface area (TPSA) is 55.8 Å². The van der Waals surface area contributed by atoms with Crippen LogP contribution in [0.15, 0.2) is 0 Å². The lowest BCUT2D eigenvalue weighted by atomic mass is 10.1. The van der Waals surface area contributed by atoms with Gasteiger partial charge in [-0.1, -0.05) is 20.3 Å². The molecule has 0 heterocycles. The monoisotopic (exact) mass is 287 g/mol. The zero-order valence-corrected chi connectivity index (χ0v) is 13.3. The minimum absolute atomic E-state index is 0.145. The van der Waals surface area contributed by atoms with Crippen molar-refractivity contribution in [2.45, 2.75) is 58.5 Å². The molecule has 0 N–H and O–H groups in total. The molecule has 0 rings (SSSR count). The molecule has 0 spiro atoms. The third-order valence-corrected chi connectivity index (χ3v) is 2.79. The number of ether oxygens (including phenoxy) is 2. The summed E-state index contributed by atoms with van der Waals surface area (Å²) in [4.78, 5) is 25.3. The third kappa shape index (κ3) is 10.8. The van der Waals surface area contributed by atoms with Gasteiger partial charge in [-0.25, -0.2) is 0 Å². The summed E-state index contributed by atoms with van der Waals surface area (Å²) in [7, 11) is 3.90. The number of rotatable bonds is 11. The Bertz CT molecular complexity index is 257. The van der Waals surface area contributed by atoms with E-state index in [1.165, 1.54) is 0 Å². The fourth-order valence-electron chi connectivity index (χ4n) is 1.63. The van der Waals surface area contributed by atoms with Gasteiger partial charge in [0, 0.05) is 13.0 Å². The van der Waals surface area contributed by atoms with E-state index in [0.717, 1.165) is 25.8 Å². The summed E-state index contributed by atoms with van der Waals surface area (Å²) in [6.07, 6.45) is 3.39. The van der Waals surface area contributed by atoms with Crippen molar-refractivity contribution in [3.8, 4) is 0 Å². The normalized spacial score (nSPS) is 12.2. The van der Waals surface area contributed by atoms with Crippen molar-refractivity contribution in [2.24, 2.45) is 0 Å². The highest BCUT2D eigenvalue weighted by Crippen LogP contribution is 2.09. The number of carbonyl (C=O) groups excluding carboxylic acids is 2. The molecule has 0 aliphatic carbocycles. The van der Waals surface area contributed by atoms with Crippen LogP contribution in [0.3, 0.4) is 0 Å². The maximum atomic E-state index is 11.7. The lowest BCUT2D eigenvalue weighted by Crippen LogP contribution is -2.27. The second-order valence-electron chi connectivity index (χ2n) is 5.23. The van der Waals surface area contributed by atoms with Crippen molar-refractivity contribution >= 4 is 11.9 Å². The van der Waals surface area contributed by atoms with Gasteiger partial charge in [-0.2, -0.15) is 0 Å². The minimum Gasteiger partial charge on any atom is -0.466 e. The number of hydrogen-bond acceptors (Lipinski definition) is 5. The molecule has 0 aromatic carbocycles. The third-order valence-electron chi connectivity index (χ3n) is 2.79. The average molecular weight is 287 g/mol. The van der Waals surface area contributed by atoms with Gasteiger partial charge >= 0.3 is 11.9 Å². The molecule has 0 saturated carbocycles. The summed E-state index contributed by atoms with van der Waals surface area (Å²) in [6, 6.07) is 0. The van der Waals surface area contributed by atoms with E-state index in [1.54, 1.807) is 0 Å². The van der Waals surface area contributed by atoms with Crippen LogP contribution in [0.4, 0.5) is 0 Å². The molecule has 0 unspecified atom stereocenters. The zero-order chi connectivity index (χ0) is 15.4. The standard InChI is InChI=1S/C15H29NO4/c1-5-7-8-14(17)20-13(9-10-16(3)4)12-15(18)19-11-6-2/h13H,5-12H2,1-4H3/t13-/m0/s1. The first-order chi connectivity index (χ1) is 9.49. The van der Waals surface area contributed by atoms with Crippen LogP contribution in [0.5, 0.6) is 0 Å². The van der Waals surface area contributed by atoms with E-state index < -0.39 is 0 Å². The van der Waals surface area contributed by atoms with Crippen LogP contribution in [-0.4, -0.2) is 50.2 Å². The van der Waals surface area contributed by atoms with Gasteiger partial charge in [0.25, 0.3) is 0 Å². The number of carbonyl (C=O) groups is 2. The van der Waals surface area contributed by atoms with Crippen LogP contribution in [0.25, 0.3) is 0 Å². The van der Waals surface area contributed by atoms with Gasteiger partial charge in [-0.3, -0.25) is 9.59 Å². The van der Waals surface area contributed by atoms with Gasteiger partial charge < -0.3 is 14.4 Å². The summed E-state index contributed by atoms with van der Waals surface area (Å²) < 4.78 is 10.4. The molecule has 5 heteroatoms. The molecule has 0 bridgehead atoms. The van der Waals surface area contributed by atoms with Crippen molar-refractivity contribution in [3.05, 3.63) is 0 Å². The van der Waals surface area contributed by atoms with Gasteiger partial charge in [-0.15, -0.1) is 0 Å². The molecule has 0 aromatic rings. The van der Waals surface area contributed by atoms with Gasteiger partial charge in [0.15, 0.2) is 0 Å². The van der Waals surface area contributed by atoms with E-state index in [4.69, 9.17) is 9.47 Å². The molecule has 0 aliphatic rings. The number of unbranched alkanes of at least 4 members (excludes halogenated alkanes) is 1. The summed E-state index contributed by atoms with van der Waals surface area (Å²) in [6.45, 7) is 5.16. The fourth-order valence-corrected chi connectivity index (χ4v) is 1.63. The van der Waals surface area contributed by atoms with E-state index in [2.05, 4.69) is 0 Å². The van der Waals surface area contributed by atoms with Gasteiger partial charge in [-0.05, 0) is 33.4 Å². The Kier molecular flexibility index (Phi) is 11.1. The SMILES string of the molecule is CCCCC(=O)O[C@@H](CCN(C)C)CC(=O)OCCC. The molecule has 0 amide bonds. The van der Waals surface area contributed by atoms with Crippen molar-refractivity contribution < 1.29 is 19.1 Å². The van der Waals surface area contributed by atoms with E-state index in [-0.39, 0.29) is 24.5 Å². The first-order valence-corrected chi connectivity index (χ1v) is 7.49. The molecule has 20 heavy (non-hydrogen) atoms. The number of esters is 2. The van der Waals surface area contributed by atoms with Gasteiger partial charge in [0.1, 0.15) is 6.10 Å². The van der Waals surface area contributed by atoms with Crippen LogP contribution in [0, 0.1) is 0 Å². The lowest BCUT2D eigenvalue weighted by molar-refractivity contribution is -0.155. The predicted octanol–water partition coefficient (Wildman–Crippen LogP) is 2.38. The first-order valence-electron chi connectivity index (χ1n) is 7.49. The number of nitrogens with zero attached hydrogens (tertiary/aromatic N) is 1. The smallest absolute Gasteiger partial charge is 0.309 e. The highest BCUT2D eigenvalue weighted by atomic mass is 16.6. The Morgan fingerprint density at radius 3 is 2.35 bits per heavy atom. The Hall–Kier alpha value is -1.10. The van der Waals surface area contributed by atoms with Crippen LogP contribution in [0.1, 0.15) is 52.4 Å². The van der Waals surface area contributed by atoms with Crippen LogP contribution in [0.2, 0.25) is 0 Å². The predicted molar refractivity (Wildman–Crippen MR) is 78.4 cm³/mol.